The van der Waals surface area contributed by atoms with E-state index in [-0.39, 0.29) is 12.0 Å². The third-order valence-electron chi connectivity index (χ3n) is 4.30. The Hall–Kier alpha value is -0.210. The van der Waals surface area contributed by atoms with Crippen LogP contribution in [-0.2, 0) is 14.9 Å². The predicted octanol–water partition coefficient (Wildman–Crippen LogP) is 0.0127. The van der Waals surface area contributed by atoms with Gasteiger partial charge in [0.2, 0.25) is 0 Å². The molecule has 2 atom stereocenters. The highest BCUT2D eigenvalue weighted by Crippen LogP contribution is 2.29. The maximum absolute atomic E-state index is 12.6. The Morgan fingerprint density at radius 3 is 2.53 bits per heavy atom. The number of morpholine rings is 1. The highest BCUT2D eigenvalue weighted by atomic mass is 32.2. The first-order valence-corrected chi connectivity index (χ1v) is 8.48. The summed E-state index contributed by atoms with van der Waals surface area (Å²) >= 11 is 0. The summed E-state index contributed by atoms with van der Waals surface area (Å²) in [4.78, 5) is 0. The van der Waals surface area contributed by atoms with Crippen LogP contribution in [0.25, 0.3) is 0 Å². The van der Waals surface area contributed by atoms with Crippen LogP contribution in [0.15, 0.2) is 0 Å². The fraction of sp³-hybridized carbons (Fsp3) is 1.00. The molecule has 0 spiro atoms. The quantitative estimate of drug-likeness (QED) is 0.792. The van der Waals surface area contributed by atoms with Crippen molar-refractivity contribution in [2.24, 2.45) is 11.7 Å². The average Bonchev–Trinajstić information content (AvgIpc) is 2.47. The SMILES string of the molecule is CN(C1CCCCC1CN)S(=O)(=O)N1CCOCC1. The van der Waals surface area contributed by atoms with Gasteiger partial charge in [-0.3, -0.25) is 0 Å². The fourth-order valence-electron chi connectivity index (χ4n) is 3.07. The molecule has 2 fully saturated rings. The zero-order chi connectivity index (χ0) is 13.9. The summed E-state index contributed by atoms with van der Waals surface area (Å²) in [6.45, 7) is 2.43. The van der Waals surface area contributed by atoms with Gasteiger partial charge in [-0.2, -0.15) is 17.0 Å². The van der Waals surface area contributed by atoms with Crippen molar-refractivity contribution >= 4 is 10.2 Å². The zero-order valence-corrected chi connectivity index (χ0v) is 12.4. The molecular weight excluding hydrogens is 266 g/mol. The molecule has 0 aromatic rings. The Bertz CT molecular complexity index is 382. The highest BCUT2D eigenvalue weighted by molar-refractivity contribution is 7.86. The lowest BCUT2D eigenvalue weighted by molar-refractivity contribution is 0.0683. The summed E-state index contributed by atoms with van der Waals surface area (Å²) in [5.41, 5.74) is 5.80. The van der Waals surface area contributed by atoms with E-state index < -0.39 is 10.2 Å². The smallest absolute Gasteiger partial charge is 0.282 e. The summed E-state index contributed by atoms with van der Waals surface area (Å²) in [6.07, 6.45) is 4.19. The minimum Gasteiger partial charge on any atom is -0.379 e. The maximum atomic E-state index is 12.6. The van der Waals surface area contributed by atoms with Gasteiger partial charge in [-0.25, -0.2) is 0 Å². The Morgan fingerprint density at radius 2 is 1.89 bits per heavy atom. The first kappa shape index (κ1) is 15.2. The van der Waals surface area contributed by atoms with Crippen molar-refractivity contribution in [2.45, 2.75) is 31.7 Å². The zero-order valence-electron chi connectivity index (χ0n) is 11.6. The lowest BCUT2D eigenvalue weighted by Gasteiger charge is -2.39. The van der Waals surface area contributed by atoms with Gasteiger partial charge in [-0.15, -0.1) is 0 Å². The van der Waals surface area contributed by atoms with Gasteiger partial charge < -0.3 is 10.5 Å². The predicted molar refractivity (Wildman–Crippen MR) is 73.9 cm³/mol. The minimum atomic E-state index is -3.37. The number of ether oxygens (including phenoxy) is 1. The van der Waals surface area contributed by atoms with Crippen molar-refractivity contribution in [1.29, 1.82) is 0 Å². The van der Waals surface area contributed by atoms with Crippen molar-refractivity contribution in [3.63, 3.8) is 0 Å². The molecule has 6 nitrogen and oxygen atoms in total. The van der Waals surface area contributed by atoms with Gasteiger partial charge in [-0.1, -0.05) is 12.8 Å². The van der Waals surface area contributed by atoms with Crippen molar-refractivity contribution in [3.8, 4) is 0 Å². The van der Waals surface area contributed by atoms with Gasteiger partial charge in [-0.05, 0) is 25.3 Å². The normalized spacial score (nSPS) is 30.7. The van der Waals surface area contributed by atoms with Crippen LogP contribution >= 0.6 is 0 Å². The molecule has 0 radical (unpaired) electrons. The molecule has 0 bridgehead atoms. The van der Waals surface area contributed by atoms with Crippen LogP contribution in [-0.4, -0.2) is 63.0 Å². The second kappa shape index (κ2) is 6.49. The van der Waals surface area contributed by atoms with E-state index in [2.05, 4.69) is 0 Å². The molecule has 2 aliphatic rings. The number of hydrogen-bond acceptors (Lipinski definition) is 4. The third kappa shape index (κ3) is 3.28. The highest BCUT2D eigenvalue weighted by Gasteiger charge is 2.37. The van der Waals surface area contributed by atoms with E-state index in [1.165, 1.54) is 4.31 Å². The number of hydrogen-bond donors (Lipinski definition) is 1. The van der Waals surface area contributed by atoms with E-state index in [4.69, 9.17) is 10.5 Å². The van der Waals surface area contributed by atoms with Crippen molar-refractivity contribution in [1.82, 2.24) is 8.61 Å². The first-order valence-electron chi connectivity index (χ1n) is 7.08. The van der Waals surface area contributed by atoms with Crippen LogP contribution in [0, 0.1) is 5.92 Å². The van der Waals surface area contributed by atoms with Gasteiger partial charge in [0.05, 0.1) is 13.2 Å². The van der Waals surface area contributed by atoms with Gasteiger partial charge in [0.25, 0.3) is 10.2 Å². The van der Waals surface area contributed by atoms with E-state index in [0.29, 0.717) is 32.8 Å². The molecule has 1 saturated carbocycles. The monoisotopic (exact) mass is 291 g/mol. The van der Waals surface area contributed by atoms with Gasteiger partial charge in [0, 0.05) is 26.2 Å². The molecule has 2 unspecified atom stereocenters. The van der Waals surface area contributed by atoms with E-state index >= 15 is 0 Å². The van der Waals surface area contributed by atoms with Crippen LogP contribution in [0.3, 0.4) is 0 Å². The second-order valence-corrected chi connectivity index (χ2v) is 7.37. The largest absolute Gasteiger partial charge is 0.379 e. The van der Waals surface area contributed by atoms with Crippen LogP contribution in [0.4, 0.5) is 0 Å². The molecule has 2 N–H and O–H groups in total. The molecular formula is C12H25N3O3S. The summed E-state index contributed by atoms with van der Waals surface area (Å²) < 4.78 is 33.5. The molecule has 1 heterocycles. The number of nitrogens with zero attached hydrogens (tertiary/aromatic N) is 2. The third-order valence-corrected chi connectivity index (χ3v) is 6.32. The van der Waals surface area contributed by atoms with Gasteiger partial charge >= 0.3 is 0 Å². The van der Waals surface area contributed by atoms with Crippen molar-refractivity contribution in [2.75, 3.05) is 39.9 Å². The molecule has 1 aliphatic heterocycles. The molecule has 0 aromatic carbocycles. The Balaban J connectivity index is 2.09. The van der Waals surface area contributed by atoms with Gasteiger partial charge in [0.1, 0.15) is 0 Å². The Labute approximate surface area is 116 Å². The molecule has 19 heavy (non-hydrogen) atoms. The topological polar surface area (TPSA) is 75.9 Å². The summed E-state index contributed by atoms with van der Waals surface area (Å²) in [5, 5.41) is 0. The van der Waals surface area contributed by atoms with Crippen molar-refractivity contribution < 1.29 is 13.2 Å². The van der Waals surface area contributed by atoms with E-state index in [1.54, 1.807) is 11.4 Å². The lowest BCUT2D eigenvalue weighted by atomic mass is 9.85. The van der Waals surface area contributed by atoms with E-state index in [9.17, 15) is 8.42 Å². The van der Waals surface area contributed by atoms with Crippen LogP contribution in [0.5, 0.6) is 0 Å². The fourth-order valence-corrected chi connectivity index (χ4v) is 4.67. The van der Waals surface area contributed by atoms with Crippen LogP contribution < -0.4 is 5.73 Å². The summed E-state index contributed by atoms with van der Waals surface area (Å²) in [6, 6.07) is 0.0478. The first-order chi connectivity index (χ1) is 9.07. The molecule has 7 heteroatoms. The Kier molecular flexibility index (Phi) is 5.19. The molecule has 0 aromatic heterocycles. The Morgan fingerprint density at radius 1 is 1.26 bits per heavy atom. The number of nitrogens with two attached hydrogens (primary N) is 1. The van der Waals surface area contributed by atoms with Crippen molar-refractivity contribution in [3.05, 3.63) is 0 Å². The van der Waals surface area contributed by atoms with Crippen LogP contribution in [0.2, 0.25) is 0 Å². The molecule has 112 valence electrons. The lowest BCUT2D eigenvalue weighted by Crippen LogP contribution is -2.53. The molecule has 2 rings (SSSR count). The van der Waals surface area contributed by atoms with Crippen LogP contribution in [0.1, 0.15) is 25.7 Å². The molecule has 1 saturated heterocycles. The minimum absolute atomic E-state index is 0.0478. The molecule has 1 aliphatic carbocycles. The standard InChI is InChI=1S/C12H25N3O3S/c1-14(12-5-3-2-4-11(12)10-13)19(16,17)15-6-8-18-9-7-15/h11-12H,2-10,13H2,1H3. The molecule has 0 amide bonds. The van der Waals surface area contributed by atoms with E-state index in [1.807, 2.05) is 0 Å². The van der Waals surface area contributed by atoms with E-state index in [0.717, 1.165) is 25.7 Å². The maximum Gasteiger partial charge on any atom is 0.282 e. The van der Waals surface area contributed by atoms with Gasteiger partial charge in [0.15, 0.2) is 0 Å². The number of rotatable bonds is 4. The second-order valence-electron chi connectivity index (χ2n) is 5.38. The summed E-state index contributed by atoms with van der Waals surface area (Å²) in [5.74, 6) is 0.287. The average molecular weight is 291 g/mol. The summed E-state index contributed by atoms with van der Waals surface area (Å²) in [7, 11) is -1.68.